The Hall–Kier alpha value is -1.68. The molecule has 0 saturated heterocycles. The van der Waals surface area contributed by atoms with E-state index in [0.717, 1.165) is 5.56 Å². The molecule has 4 heteroatoms. The summed E-state index contributed by atoms with van der Waals surface area (Å²) in [6.07, 6.45) is -0.630. The average molecular weight is 219 g/mol. The van der Waals surface area contributed by atoms with Gasteiger partial charge < -0.3 is 5.11 Å². The lowest BCUT2D eigenvalue weighted by atomic mass is 10.2. The molecule has 0 aliphatic heterocycles. The highest BCUT2D eigenvalue weighted by molar-refractivity contribution is 5.15. The molecule has 86 valence electrons. The van der Waals surface area contributed by atoms with Crippen LogP contribution in [0.1, 0.15) is 12.5 Å². The normalized spacial score (nSPS) is 12.7. The molecular formula is C12H17N3O. The van der Waals surface area contributed by atoms with Gasteiger partial charge in [-0.1, -0.05) is 42.1 Å². The number of benzene rings is 1. The second kappa shape index (κ2) is 6.02. The van der Waals surface area contributed by atoms with Crippen LogP contribution in [0, 0.1) is 0 Å². The fourth-order valence-corrected chi connectivity index (χ4v) is 1.27. The van der Waals surface area contributed by atoms with E-state index in [2.05, 4.69) is 16.9 Å². The zero-order valence-corrected chi connectivity index (χ0v) is 9.67. The first kappa shape index (κ1) is 12.4. The van der Waals surface area contributed by atoms with Crippen molar-refractivity contribution in [2.75, 3.05) is 7.05 Å². The number of aliphatic hydroxyl groups is 1. The first-order valence-electron chi connectivity index (χ1n) is 5.13. The number of aliphatic hydroxyl groups excluding tert-OH is 1. The molecule has 0 heterocycles. The fourth-order valence-electron chi connectivity index (χ4n) is 1.27. The smallest absolute Gasteiger partial charge is 0.0922 e. The lowest BCUT2D eigenvalue weighted by molar-refractivity contribution is 0.172. The van der Waals surface area contributed by atoms with E-state index in [9.17, 15) is 5.11 Å². The van der Waals surface area contributed by atoms with E-state index in [-0.39, 0.29) is 0 Å². The third-order valence-electron chi connectivity index (χ3n) is 2.19. The molecule has 0 bridgehead atoms. The summed E-state index contributed by atoms with van der Waals surface area (Å²) in [4.78, 5) is 0. The Balaban J connectivity index is 2.76. The topological polar surface area (TPSA) is 48.2 Å². The summed E-state index contributed by atoms with van der Waals surface area (Å²) >= 11 is 0. The van der Waals surface area contributed by atoms with Crippen molar-refractivity contribution in [2.24, 2.45) is 10.3 Å². The van der Waals surface area contributed by atoms with Crippen molar-refractivity contribution in [2.45, 2.75) is 19.6 Å². The minimum Gasteiger partial charge on any atom is -0.387 e. The molecule has 0 aliphatic carbocycles. The van der Waals surface area contributed by atoms with Crippen LogP contribution in [0.2, 0.25) is 0 Å². The lowest BCUT2D eigenvalue weighted by Gasteiger charge is -2.21. The van der Waals surface area contributed by atoms with Crippen LogP contribution in [-0.2, 0) is 6.54 Å². The van der Waals surface area contributed by atoms with Gasteiger partial charge in [0, 0.05) is 0 Å². The molecular weight excluding hydrogens is 202 g/mol. The maximum Gasteiger partial charge on any atom is 0.0922 e. The first-order valence-corrected chi connectivity index (χ1v) is 5.13. The summed E-state index contributed by atoms with van der Waals surface area (Å²) < 4.78 is 0. The Labute approximate surface area is 95.9 Å². The zero-order valence-electron chi connectivity index (χ0n) is 9.67. The van der Waals surface area contributed by atoms with Crippen LogP contribution in [0.5, 0.6) is 0 Å². The number of nitrogens with zero attached hydrogens (tertiary/aromatic N) is 3. The Bertz CT molecular complexity index is 360. The van der Waals surface area contributed by atoms with Crippen LogP contribution >= 0.6 is 0 Å². The molecule has 1 rings (SSSR count). The molecule has 4 nitrogen and oxygen atoms in total. The molecule has 0 fully saturated rings. The first-order chi connectivity index (χ1) is 7.65. The van der Waals surface area contributed by atoms with Gasteiger partial charge in [-0.15, -0.1) is 0 Å². The number of hydrogen-bond donors (Lipinski definition) is 1. The minimum absolute atomic E-state index is 0.537. The van der Waals surface area contributed by atoms with E-state index in [1.54, 1.807) is 19.0 Å². The zero-order chi connectivity index (χ0) is 12.0. The Morgan fingerprint density at radius 3 is 2.56 bits per heavy atom. The van der Waals surface area contributed by atoms with Crippen molar-refractivity contribution < 1.29 is 5.11 Å². The lowest BCUT2D eigenvalue weighted by Crippen LogP contribution is -2.22. The van der Waals surface area contributed by atoms with Crippen LogP contribution in [0.25, 0.3) is 0 Å². The second-order valence-corrected chi connectivity index (χ2v) is 3.50. The van der Waals surface area contributed by atoms with Crippen molar-refractivity contribution in [1.82, 2.24) is 5.01 Å². The molecule has 1 aromatic carbocycles. The van der Waals surface area contributed by atoms with Crippen molar-refractivity contribution in [3.05, 3.63) is 48.2 Å². The van der Waals surface area contributed by atoms with Gasteiger partial charge in [-0.25, -0.2) is 5.01 Å². The number of hydrogen-bond acceptors (Lipinski definition) is 3. The summed E-state index contributed by atoms with van der Waals surface area (Å²) in [5.41, 5.74) is 1.63. The molecule has 0 aromatic heterocycles. The van der Waals surface area contributed by atoms with E-state index < -0.39 is 6.10 Å². The van der Waals surface area contributed by atoms with Crippen molar-refractivity contribution in [3.8, 4) is 0 Å². The van der Waals surface area contributed by atoms with E-state index >= 15 is 0 Å². The molecule has 0 radical (unpaired) electrons. The van der Waals surface area contributed by atoms with Gasteiger partial charge in [0.1, 0.15) is 0 Å². The van der Waals surface area contributed by atoms with E-state index in [4.69, 9.17) is 0 Å². The van der Waals surface area contributed by atoms with Crippen molar-refractivity contribution in [3.63, 3.8) is 0 Å². The van der Waals surface area contributed by atoms with Crippen molar-refractivity contribution in [1.29, 1.82) is 0 Å². The minimum atomic E-state index is -0.630. The van der Waals surface area contributed by atoms with Crippen LogP contribution < -0.4 is 0 Å². The van der Waals surface area contributed by atoms with Crippen LogP contribution in [0.3, 0.4) is 0 Å². The maximum absolute atomic E-state index is 9.45. The molecule has 1 N–H and O–H groups in total. The standard InChI is InChI=1S/C12H17N3O/c1-10(11(2)16)15(14-13-3)9-12-7-5-4-6-8-12/h4-8,11,16H,1,9H2,2-3H3. The van der Waals surface area contributed by atoms with E-state index in [1.807, 2.05) is 30.3 Å². The van der Waals surface area contributed by atoms with E-state index in [1.165, 1.54) is 0 Å². The molecule has 0 spiro atoms. The van der Waals surface area contributed by atoms with Gasteiger partial charge in [0.05, 0.1) is 25.4 Å². The predicted molar refractivity (Wildman–Crippen MR) is 63.6 cm³/mol. The molecule has 16 heavy (non-hydrogen) atoms. The molecule has 0 saturated carbocycles. The van der Waals surface area contributed by atoms with Gasteiger partial charge in [-0.3, -0.25) is 0 Å². The summed E-state index contributed by atoms with van der Waals surface area (Å²) in [7, 11) is 1.59. The van der Waals surface area contributed by atoms with Crippen LogP contribution in [0.4, 0.5) is 0 Å². The quantitative estimate of drug-likeness (QED) is 0.610. The maximum atomic E-state index is 9.45. The highest BCUT2D eigenvalue weighted by Gasteiger charge is 2.11. The van der Waals surface area contributed by atoms with Crippen LogP contribution in [-0.4, -0.2) is 23.3 Å². The van der Waals surface area contributed by atoms with Gasteiger partial charge in [-0.05, 0) is 12.5 Å². The Morgan fingerprint density at radius 2 is 2.06 bits per heavy atom. The SMILES string of the molecule is C=C(C(C)O)N(Cc1ccccc1)N=NC. The van der Waals surface area contributed by atoms with Gasteiger partial charge in [0.2, 0.25) is 0 Å². The van der Waals surface area contributed by atoms with Crippen LogP contribution in [0.15, 0.2) is 52.9 Å². The predicted octanol–water partition coefficient (Wildman–Crippen LogP) is 2.38. The summed E-state index contributed by atoms with van der Waals surface area (Å²) in [5.74, 6) is 0. The van der Waals surface area contributed by atoms with Crippen molar-refractivity contribution >= 4 is 0 Å². The highest BCUT2D eigenvalue weighted by atomic mass is 16.3. The van der Waals surface area contributed by atoms with Gasteiger partial charge in [-0.2, -0.15) is 5.11 Å². The average Bonchev–Trinajstić information content (AvgIpc) is 2.29. The monoisotopic (exact) mass is 219 g/mol. The van der Waals surface area contributed by atoms with Gasteiger partial charge in [0.25, 0.3) is 0 Å². The fraction of sp³-hybridized carbons (Fsp3) is 0.333. The second-order valence-electron chi connectivity index (χ2n) is 3.50. The largest absolute Gasteiger partial charge is 0.387 e. The molecule has 1 unspecified atom stereocenters. The summed E-state index contributed by atoms with van der Waals surface area (Å²) in [6, 6.07) is 9.86. The number of rotatable bonds is 5. The third kappa shape index (κ3) is 3.47. The molecule has 1 atom stereocenters. The van der Waals surface area contributed by atoms with Gasteiger partial charge in [0.15, 0.2) is 0 Å². The molecule has 1 aromatic rings. The van der Waals surface area contributed by atoms with Gasteiger partial charge >= 0.3 is 0 Å². The summed E-state index contributed by atoms with van der Waals surface area (Å²) in [6.45, 7) is 6.01. The molecule has 0 aliphatic rings. The summed E-state index contributed by atoms with van der Waals surface area (Å²) in [5, 5.41) is 18.7. The molecule has 0 amide bonds. The Morgan fingerprint density at radius 1 is 1.44 bits per heavy atom. The van der Waals surface area contributed by atoms with E-state index in [0.29, 0.717) is 12.2 Å². The Kier molecular flexibility index (Phi) is 4.66. The third-order valence-corrected chi connectivity index (χ3v) is 2.19. The highest BCUT2D eigenvalue weighted by Crippen LogP contribution is 2.13.